The van der Waals surface area contributed by atoms with Gasteiger partial charge >= 0.3 is 0 Å². The van der Waals surface area contributed by atoms with Crippen LogP contribution >= 0.6 is 12.2 Å². The fourth-order valence-corrected chi connectivity index (χ4v) is 1.59. The number of rotatable bonds is 5. The Hall–Kier alpha value is -1.09. The van der Waals surface area contributed by atoms with Crippen LogP contribution in [0.2, 0.25) is 0 Å². The third kappa shape index (κ3) is 5.68. The SMILES string of the molecule is CCc1ccc(CNC(=S)NCC(C)C)cc1. The normalized spacial score (nSPS) is 10.4. The van der Waals surface area contributed by atoms with E-state index in [0.717, 1.165) is 24.6 Å². The highest BCUT2D eigenvalue weighted by atomic mass is 32.1. The first-order valence-electron chi connectivity index (χ1n) is 6.21. The van der Waals surface area contributed by atoms with Crippen LogP contribution in [-0.4, -0.2) is 11.7 Å². The fourth-order valence-electron chi connectivity index (χ4n) is 1.43. The summed E-state index contributed by atoms with van der Waals surface area (Å²) in [6.07, 6.45) is 1.09. The second kappa shape index (κ2) is 7.28. The Morgan fingerprint density at radius 1 is 1.12 bits per heavy atom. The Balaban J connectivity index is 2.31. The van der Waals surface area contributed by atoms with Gasteiger partial charge < -0.3 is 10.6 Å². The van der Waals surface area contributed by atoms with E-state index in [1.807, 2.05) is 0 Å². The van der Waals surface area contributed by atoms with Gasteiger partial charge in [-0.15, -0.1) is 0 Å². The molecule has 0 unspecified atom stereocenters. The molecule has 0 spiro atoms. The molecule has 0 aromatic heterocycles. The first kappa shape index (κ1) is 14.0. The summed E-state index contributed by atoms with van der Waals surface area (Å²) in [5, 5.41) is 7.14. The quantitative estimate of drug-likeness (QED) is 0.786. The van der Waals surface area contributed by atoms with Crippen LogP contribution < -0.4 is 10.6 Å². The second-order valence-electron chi connectivity index (χ2n) is 4.63. The van der Waals surface area contributed by atoms with Gasteiger partial charge in [0.05, 0.1) is 0 Å². The molecular formula is C14H22N2S. The third-order valence-corrected chi connectivity index (χ3v) is 2.84. The maximum absolute atomic E-state index is 5.20. The van der Waals surface area contributed by atoms with E-state index in [4.69, 9.17) is 12.2 Å². The van der Waals surface area contributed by atoms with Gasteiger partial charge in [-0.1, -0.05) is 45.0 Å². The number of hydrogen-bond acceptors (Lipinski definition) is 1. The summed E-state index contributed by atoms with van der Waals surface area (Å²) in [6.45, 7) is 8.20. The molecule has 0 saturated heterocycles. The number of benzene rings is 1. The van der Waals surface area contributed by atoms with Gasteiger partial charge in [0.25, 0.3) is 0 Å². The van der Waals surface area contributed by atoms with Crippen molar-refractivity contribution < 1.29 is 0 Å². The largest absolute Gasteiger partial charge is 0.362 e. The highest BCUT2D eigenvalue weighted by molar-refractivity contribution is 7.80. The molecule has 0 aliphatic rings. The average Bonchev–Trinajstić information content (AvgIpc) is 2.34. The molecule has 3 heteroatoms. The van der Waals surface area contributed by atoms with Crippen molar-refractivity contribution in [3.05, 3.63) is 35.4 Å². The summed E-state index contributed by atoms with van der Waals surface area (Å²) < 4.78 is 0. The molecule has 94 valence electrons. The minimum absolute atomic E-state index is 0.610. The molecule has 2 nitrogen and oxygen atoms in total. The van der Waals surface area contributed by atoms with E-state index in [2.05, 4.69) is 55.7 Å². The van der Waals surface area contributed by atoms with Crippen LogP contribution in [0.1, 0.15) is 31.9 Å². The van der Waals surface area contributed by atoms with Gasteiger partial charge in [0.2, 0.25) is 0 Å². The van der Waals surface area contributed by atoms with Crippen LogP contribution in [0.15, 0.2) is 24.3 Å². The molecule has 0 aliphatic heterocycles. The molecule has 0 fully saturated rings. The van der Waals surface area contributed by atoms with Crippen molar-refractivity contribution >= 4 is 17.3 Å². The smallest absolute Gasteiger partial charge is 0.166 e. The molecule has 1 aromatic rings. The summed E-state index contributed by atoms with van der Waals surface area (Å²) in [5.41, 5.74) is 2.63. The topological polar surface area (TPSA) is 24.1 Å². The van der Waals surface area contributed by atoms with Crippen LogP contribution in [0.5, 0.6) is 0 Å². The number of thiocarbonyl (C=S) groups is 1. The van der Waals surface area contributed by atoms with Crippen molar-refractivity contribution in [3.63, 3.8) is 0 Å². The van der Waals surface area contributed by atoms with E-state index in [0.29, 0.717) is 5.92 Å². The fraction of sp³-hybridized carbons (Fsp3) is 0.500. The van der Waals surface area contributed by atoms with E-state index in [-0.39, 0.29) is 0 Å². The lowest BCUT2D eigenvalue weighted by molar-refractivity contribution is 0.619. The lowest BCUT2D eigenvalue weighted by Gasteiger charge is -2.12. The minimum Gasteiger partial charge on any atom is -0.362 e. The molecule has 0 amide bonds. The number of aryl methyl sites for hydroxylation is 1. The average molecular weight is 250 g/mol. The zero-order valence-corrected chi connectivity index (χ0v) is 11.7. The van der Waals surface area contributed by atoms with Crippen LogP contribution in [0.25, 0.3) is 0 Å². The van der Waals surface area contributed by atoms with Gasteiger partial charge in [0.1, 0.15) is 0 Å². The van der Waals surface area contributed by atoms with Crippen LogP contribution in [0.4, 0.5) is 0 Å². The predicted octanol–water partition coefficient (Wildman–Crippen LogP) is 2.87. The molecule has 0 heterocycles. The van der Waals surface area contributed by atoms with Gasteiger partial charge in [0.15, 0.2) is 5.11 Å². The van der Waals surface area contributed by atoms with Crippen LogP contribution in [-0.2, 0) is 13.0 Å². The van der Waals surface area contributed by atoms with Gasteiger partial charge in [-0.25, -0.2) is 0 Å². The Labute approximate surface area is 110 Å². The zero-order valence-electron chi connectivity index (χ0n) is 10.9. The Bertz CT molecular complexity index is 344. The summed E-state index contributed by atoms with van der Waals surface area (Å²) in [5.74, 6) is 0.610. The monoisotopic (exact) mass is 250 g/mol. The van der Waals surface area contributed by atoms with E-state index in [9.17, 15) is 0 Å². The molecule has 0 radical (unpaired) electrons. The molecule has 1 rings (SSSR count). The van der Waals surface area contributed by atoms with Crippen LogP contribution in [0.3, 0.4) is 0 Å². The van der Waals surface area contributed by atoms with Crippen molar-refractivity contribution in [3.8, 4) is 0 Å². The lowest BCUT2D eigenvalue weighted by Crippen LogP contribution is -2.36. The molecule has 0 aliphatic carbocycles. The minimum atomic E-state index is 0.610. The highest BCUT2D eigenvalue weighted by Crippen LogP contribution is 2.04. The lowest BCUT2D eigenvalue weighted by atomic mass is 10.1. The van der Waals surface area contributed by atoms with Gasteiger partial charge in [-0.3, -0.25) is 0 Å². The molecular weight excluding hydrogens is 228 g/mol. The standard InChI is InChI=1S/C14H22N2S/c1-4-12-5-7-13(8-6-12)10-16-14(17)15-9-11(2)3/h5-8,11H,4,9-10H2,1-3H3,(H2,15,16,17). The molecule has 0 saturated carbocycles. The van der Waals surface area contributed by atoms with E-state index < -0.39 is 0 Å². The van der Waals surface area contributed by atoms with Crippen molar-refractivity contribution in [1.82, 2.24) is 10.6 Å². The number of nitrogens with one attached hydrogen (secondary N) is 2. The third-order valence-electron chi connectivity index (χ3n) is 2.56. The van der Waals surface area contributed by atoms with Crippen molar-refractivity contribution in [2.24, 2.45) is 5.92 Å². The Morgan fingerprint density at radius 2 is 1.71 bits per heavy atom. The van der Waals surface area contributed by atoms with E-state index in [1.54, 1.807) is 0 Å². The van der Waals surface area contributed by atoms with Crippen molar-refractivity contribution in [2.45, 2.75) is 33.7 Å². The Morgan fingerprint density at radius 3 is 2.24 bits per heavy atom. The van der Waals surface area contributed by atoms with E-state index in [1.165, 1.54) is 11.1 Å². The summed E-state index contributed by atoms with van der Waals surface area (Å²) in [6, 6.07) is 8.64. The zero-order chi connectivity index (χ0) is 12.7. The van der Waals surface area contributed by atoms with E-state index >= 15 is 0 Å². The predicted molar refractivity (Wildman–Crippen MR) is 78.1 cm³/mol. The first-order chi connectivity index (χ1) is 8.11. The summed E-state index contributed by atoms with van der Waals surface area (Å²) in [4.78, 5) is 0. The van der Waals surface area contributed by atoms with Gasteiger partial charge in [0, 0.05) is 13.1 Å². The van der Waals surface area contributed by atoms with Gasteiger partial charge in [-0.2, -0.15) is 0 Å². The maximum atomic E-state index is 5.20. The second-order valence-corrected chi connectivity index (χ2v) is 5.04. The maximum Gasteiger partial charge on any atom is 0.166 e. The summed E-state index contributed by atoms with van der Waals surface area (Å²) >= 11 is 5.20. The van der Waals surface area contributed by atoms with Crippen LogP contribution in [0, 0.1) is 5.92 Å². The van der Waals surface area contributed by atoms with Gasteiger partial charge in [-0.05, 0) is 35.7 Å². The molecule has 17 heavy (non-hydrogen) atoms. The first-order valence-corrected chi connectivity index (χ1v) is 6.62. The molecule has 2 N–H and O–H groups in total. The molecule has 0 bridgehead atoms. The number of hydrogen-bond donors (Lipinski definition) is 2. The highest BCUT2D eigenvalue weighted by Gasteiger charge is 1.98. The summed E-state index contributed by atoms with van der Waals surface area (Å²) in [7, 11) is 0. The van der Waals surface area contributed by atoms with Crippen molar-refractivity contribution in [2.75, 3.05) is 6.54 Å². The molecule has 1 aromatic carbocycles. The Kier molecular flexibility index (Phi) is 5.98. The molecule has 0 atom stereocenters. The van der Waals surface area contributed by atoms with Crippen molar-refractivity contribution in [1.29, 1.82) is 0 Å².